The highest BCUT2D eigenvalue weighted by Gasteiger charge is 2.17. The average Bonchev–Trinajstić information content (AvgIpc) is 2.23. The Labute approximate surface area is 105 Å². The second-order valence-electron chi connectivity index (χ2n) is 3.87. The Morgan fingerprint density at radius 3 is 2.75 bits per heavy atom. The molecule has 0 amide bonds. The minimum Gasteiger partial charge on any atom is -0.492 e. The van der Waals surface area contributed by atoms with Gasteiger partial charge in [0.15, 0.2) is 0 Å². The van der Waals surface area contributed by atoms with E-state index in [-0.39, 0.29) is 6.54 Å². The summed E-state index contributed by atoms with van der Waals surface area (Å²) < 4.78 is 5.42. The average molecular weight is 264 g/mol. The third kappa shape index (κ3) is 4.18. The normalized spacial score (nSPS) is 14.6. The van der Waals surface area contributed by atoms with E-state index in [9.17, 15) is 5.11 Å². The lowest BCUT2D eigenvalue weighted by molar-refractivity contribution is 0.0453. The van der Waals surface area contributed by atoms with Crippen LogP contribution in [-0.2, 0) is 0 Å². The van der Waals surface area contributed by atoms with Crippen molar-refractivity contribution in [1.82, 2.24) is 0 Å². The zero-order valence-electron chi connectivity index (χ0n) is 9.04. The third-order valence-electron chi connectivity index (χ3n) is 2.23. The number of halogens is 2. The maximum Gasteiger partial charge on any atom is 0.139 e. The van der Waals surface area contributed by atoms with Gasteiger partial charge in [0.1, 0.15) is 5.75 Å². The number of aliphatic hydroxyl groups is 1. The van der Waals surface area contributed by atoms with Crippen molar-refractivity contribution in [2.75, 3.05) is 13.2 Å². The summed E-state index contributed by atoms with van der Waals surface area (Å²) in [7, 11) is 0. The molecule has 1 rings (SSSR count). The van der Waals surface area contributed by atoms with E-state index in [0.717, 1.165) is 0 Å². The molecule has 90 valence electrons. The fourth-order valence-electron chi connectivity index (χ4n) is 1.07. The molecule has 0 aliphatic rings. The zero-order chi connectivity index (χ0) is 12.2. The quantitative estimate of drug-likeness (QED) is 0.858. The van der Waals surface area contributed by atoms with Crippen LogP contribution >= 0.6 is 23.2 Å². The summed E-state index contributed by atoms with van der Waals surface area (Å²) in [5.41, 5.74) is 4.48. The molecule has 3 N–H and O–H groups in total. The van der Waals surface area contributed by atoms with Crippen LogP contribution in [0.2, 0.25) is 10.0 Å². The molecular weight excluding hydrogens is 249 g/mol. The van der Waals surface area contributed by atoms with E-state index in [2.05, 4.69) is 0 Å². The number of benzene rings is 1. The molecule has 0 aromatic heterocycles. The summed E-state index contributed by atoms with van der Waals surface area (Å²) in [6.07, 6.45) is 0.437. The molecule has 5 heteroatoms. The van der Waals surface area contributed by atoms with Gasteiger partial charge in [-0.1, -0.05) is 23.2 Å². The Balaban J connectivity index is 2.52. The number of ether oxygens (including phenoxy) is 1. The molecule has 0 saturated heterocycles. The largest absolute Gasteiger partial charge is 0.492 e. The molecule has 3 nitrogen and oxygen atoms in total. The Kier molecular flexibility index (Phi) is 4.87. The first-order valence-electron chi connectivity index (χ1n) is 4.95. The first-order valence-corrected chi connectivity index (χ1v) is 5.70. The van der Waals surface area contributed by atoms with Gasteiger partial charge in [-0.05, 0) is 19.1 Å². The van der Waals surface area contributed by atoms with Gasteiger partial charge in [-0.25, -0.2) is 0 Å². The highest BCUT2D eigenvalue weighted by Crippen LogP contribution is 2.28. The molecule has 0 spiro atoms. The van der Waals surface area contributed by atoms with E-state index in [0.29, 0.717) is 28.8 Å². The van der Waals surface area contributed by atoms with Crippen LogP contribution in [0.25, 0.3) is 0 Å². The minimum atomic E-state index is -0.912. The van der Waals surface area contributed by atoms with Crippen molar-refractivity contribution < 1.29 is 9.84 Å². The summed E-state index contributed by atoms with van der Waals surface area (Å²) in [6, 6.07) is 4.99. The standard InChI is InChI=1S/C11H15Cl2NO2/c1-11(15,7-14)4-5-16-10-6-8(12)2-3-9(10)13/h2-3,6,15H,4-5,7,14H2,1H3. The molecule has 1 aromatic carbocycles. The van der Waals surface area contributed by atoms with E-state index in [1.807, 2.05) is 0 Å². The molecule has 0 aliphatic heterocycles. The molecule has 1 aromatic rings. The van der Waals surface area contributed by atoms with Crippen LogP contribution in [-0.4, -0.2) is 23.9 Å². The Morgan fingerprint density at radius 2 is 2.12 bits per heavy atom. The van der Waals surface area contributed by atoms with Gasteiger partial charge in [0.25, 0.3) is 0 Å². The van der Waals surface area contributed by atoms with Gasteiger partial charge in [0, 0.05) is 24.1 Å². The van der Waals surface area contributed by atoms with E-state index in [1.165, 1.54) is 0 Å². The summed E-state index contributed by atoms with van der Waals surface area (Å²) in [6.45, 7) is 2.19. The van der Waals surface area contributed by atoms with E-state index in [4.69, 9.17) is 33.7 Å². The molecule has 0 radical (unpaired) electrons. The molecule has 0 bridgehead atoms. The monoisotopic (exact) mass is 263 g/mol. The first kappa shape index (κ1) is 13.6. The van der Waals surface area contributed by atoms with Crippen molar-refractivity contribution in [2.45, 2.75) is 18.9 Å². The van der Waals surface area contributed by atoms with E-state index < -0.39 is 5.60 Å². The van der Waals surface area contributed by atoms with Crippen LogP contribution in [0.3, 0.4) is 0 Å². The summed E-state index contributed by atoms with van der Waals surface area (Å²) in [4.78, 5) is 0. The smallest absolute Gasteiger partial charge is 0.139 e. The Morgan fingerprint density at radius 1 is 1.44 bits per heavy atom. The van der Waals surface area contributed by atoms with Gasteiger partial charge in [-0.2, -0.15) is 0 Å². The Bertz CT molecular complexity index is 356. The van der Waals surface area contributed by atoms with E-state index in [1.54, 1.807) is 25.1 Å². The van der Waals surface area contributed by atoms with Crippen molar-refractivity contribution in [3.63, 3.8) is 0 Å². The van der Waals surface area contributed by atoms with Gasteiger partial charge >= 0.3 is 0 Å². The van der Waals surface area contributed by atoms with Gasteiger partial charge < -0.3 is 15.6 Å². The maximum atomic E-state index is 9.66. The number of hydrogen-bond acceptors (Lipinski definition) is 3. The lowest BCUT2D eigenvalue weighted by atomic mass is 10.0. The van der Waals surface area contributed by atoms with Crippen molar-refractivity contribution in [1.29, 1.82) is 0 Å². The second kappa shape index (κ2) is 5.73. The van der Waals surface area contributed by atoms with Gasteiger partial charge in [-0.15, -0.1) is 0 Å². The summed E-state index contributed by atoms with van der Waals surface area (Å²) in [5, 5.41) is 10.7. The van der Waals surface area contributed by atoms with Gasteiger partial charge in [-0.3, -0.25) is 0 Å². The fraction of sp³-hybridized carbons (Fsp3) is 0.455. The maximum absolute atomic E-state index is 9.66. The topological polar surface area (TPSA) is 55.5 Å². The van der Waals surface area contributed by atoms with Gasteiger partial charge in [0.2, 0.25) is 0 Å². The lowest BCUT2D eigenvalue weighted by Gasteiger charge is -2.21. The number of rotatable bonds is 5. The fourth-order valence-corrected chi connectivity index (χ4v) is 1.40. The zero-order valence-corrected chi connectivity index (χ0v) is 10.6. The van der Waals surface area contributed by atoms with Crippen LogP contribution in [0.1, 0.15) is 13.3 Å². The first-order chi connectivity index (χ1) is 7.44. The van der Waals surface area contributed by atoms with Crippen LogP contribution in [0.4, 0.5) is 0 Å². The van der Waals surface area contributed by atoms with Crippen LogP contribution < -0.4 is 10.5 Å². The predicted octanol–water partition coefficient (Wildman–Crippen LogP) is 2.47. The second-order valence-corrected chi connectivity index (χ2v) is 4.72. The van der Waals surface area contributed by atoms with Crippen molar-refractivity contribution in [3.05, 3.63) is 28.2 Å². The van der Waals surface area contributed by atoms with Crippen molar-refractivity contribution in [2.24, 2.45) is 5.73 Å². The highest BCUT2D eigenvalue weighted by atomic mass is 35.5. The lowest BCUT2D eigenvalue weighted by Crippen LogP contribution is -2.35. The van der Waals surface area contributed by atoms with Crippen molar-refractivity contribution in [3.8, 4) is 5.75 Å². The third-order valence-corrected chi connectivity index (χ3v) is 2.78. The molecule has 16 heavy (non-hydrogen) atoms. The SMILES string of the molecule is CC(O)(CN)CCOc1cc(Cl)ccc1Cl. The number of nitrogens with two attached hydrogens (primary N) is 1. The molecule has 1 unspecified atom stereocenters. The molecule has 0 aliphatic carbocycles. The number of hydrogen-bond donors (Lipinski definition) is 2. The van der Waals surface area contributed by atoms with E-state index >= 15 is 0 Å². The van der Waals surface area contributed by atoms with Gasteiger partial charge in [0.05, 0.1) is 17.2 Å². The molecule has 0 heterocycles. The molecule has 0 saturated carbocycles. The molecular formula is C11H15Cl2NO2. The summed E-state index contributed by atoms with van der Waals surface area (Å²) in [5.74, 6) is 0.516. The minimum absolute atomic E-state index is 0.194. The van der Waals surface area contributed by atoms with Crippen LogP contribution in [0.15, 0.2) is 18.2 Å². The molecule has 0 fully saturated rings. The van der Waals surface area contributed by atoms with Crippen LogP contribution in [0.5, 0.6) is 5.75 Å². The van der Waals surface area contributed by atoms with Crippen molar-refractivity contribution >= 4 is 23.2 Å². The Hall–Kier alpha value is -0.480. The summed E-state index contributed by atoms with van der Waals surface area (Å²) >= 11 is 11.7. The molecule has 1 atom stereocenters. The predicted molar refractivity (Wildman–Crippen MR) is 66.3 cm³/mol. The highest BCUT2D eigenvalue weighted by molar-refractivity contribution is 6.34. The van der Waals surface area contributed by atoms with Crippen LogP contribution in [0, 0.1) is 0 Å².